The fourth-order valence-electron chi connectivity index (χ4n) is 1.63. The Morgan fingerprint density at radius 1 is 1.16 bits per heavy atom. The molecule has 98 valence electrons. The van der Waals surface area contributed by atoms with Crippen LogP contribution in [0.4, 0.5) is 4.39 Å². The Bertz CT molecular complexity index is 583. The largest absolute Gasteiger partial charge is 0.293 e. The third kappa shape index (κ3) is 3.58. The Labute approximate surface area is 120 Å². The summed E-state index contributed by atoms with van der Waals surface area (Å²) in [4.78, 5) is 12.7. The van der Waals surface area contributed by atoms with Gasteiger partial charge < -0.3 is 0 Å². The van der Waals surface area contributed by atoms with E-state index in [4.69, 9.17) is 11.6 Å². The molecule has 0 fully saturated rings. The van der Waals surface area contributed by atoms with Crippen LogP contribution in [0.1, 0.15) is 17.3 Å². The highest BCUT2D eigenvalue weighted by molar-refractivity contribution is 8.00. The average molecular weight is 295 g/mol. The lowest BCUT2D eigenvalue weighted by Gasteiger charge is -2.11. The van der Waals surface area contributed by atoms with Crippen LogP contribution in [0.15, 0.2) is 53.4 Å². The highest BCUT2D eigenvalue weighted by atomic mass is 35.5. The van der Waals surface area contributed by atoms with Crippen molar-refractivity contribution >= 4 is 29.1 Å². The summed E-state index contributed by atoms with van der Waals surface area (Å²) in [7, 11) is 0. The molecular formula is C15H12ClFOS. The average Bonchev–Trinajstić information content (AvgIpc) is 2.41. The van der Waals surface area contributed by atoms with Crippen LogP contribution in [0.25, 0.3) is 0 Å². The van der Waals surface area contributed by atoms with Crippen molar-refractivity contribution in [2.24, 2.45) is 0 Å². The second-order valence-corrected chi connectivity index (χ2v) is 5.88. The third-order valence-electron chi connectivity index (χ3n) is 2.64. The number of ketones is 1. The molecule has 0 heterocycles. The molecular weight excluding hydrogens is 283 g/mol. The van der Waals surface area contributed by atoms with Crippen LogP contribution in [0.5, 0.6) is 0 Å². The van der Waals surface area contributed by atoms with Crippen LogP contribution in [0, 0.1) is 5.82 Å². The summed E-state index contributed by atoms with van der Waals surface area (Å²) in [5.41, 5.74) is 0.584. The van der Waals surface area contributed by atoms with Crippen molar-refractivity contribution in [3.8, 4) is 0 Å². The van der Waals surface area contributed by atoms with Gasteiger partial charge >= 0.3 is 0 Å². The molecule has 0 N–H and O–H groups in total. The minimum atomic E-state index is -0.349. The Balaban J connectivity index is 2.12. The second kappa shape index (κ2) is 6.22. The number of thioether (sulfide) groups is 1. The second-order valence-electron chi connectivity index (χ2n) is 4.06. The topological polar surface area (TPSA) is 17.1 Å². The number of Topliss-reactive ketones (excluding diaryl/α,β-unsaturated/α-hetero) is 1. The summed E-state index contributed by atoms with van der Waals surface area (Å²) in [5, 5.41) is 0.240. The molecule has 19 heavy (non-hydrogen) atoms. The van der Waals surface area contributed by atoms with E-state index in [-0.39, 0.29) is 16.9 Å². The first-order chi connectivity index (χ1) is 9.08. The molecule has 0 aliphatic rings. The minimum absolute atomic E-state index is 0.0371. The number of benzene rings is 2. The number of carbonyl (C=O) groups excluding carboxylic acids is 1. The zero-order valence-electron chi connectivity index (χ0n) is 10.3. The highest BCUT2D eigenvalue weighted by Crippen LogP contribution is 2.28. The van der Waals surface area contributed by atoms with Crippen molar-refractivity contribution in [3.05, 3.63) is 64.9 Å². The Hall–Kier alpha value is -1.32. The number of rotatable bonds is 4. The minimum Gasteiger partial charge on any atom is -0.293 e. The number of carbonyl (C=O) groups is 1. The van der Waals surface area contributed by atoms with Crippen molar-refractivity contribution in [1.29, 1.82) is 0 Å². The van der Waals surface area contributed by atoms with Gasteiger partial charge in [0.15, 0.2) is 5.78 Å². The van der Waals surface area contributed by atoms with E-state index in [0.29, 0.717) is 15.5 Å². The first kappa shape index (κ1) is 14.1. The normalized spacial score (nSPS) is 12.2. The number of hydrogen-bond acceptors (Lipinski definition) is 2. The van der Waals surface area contributed by atoms with Crippen molar-refractivity contribution in [2.45, 2.75) is 17.1 Å². The standard InChI is InChI=1S/C15H12ClFOS/c1-10(19-14-5-3-2-4-13(14)17)15(18)11-6-8-12(16)9-7-11/h2-10H,1H3. The van der Waals surface area contributed by atoms with Gasteiger partial charge in [0.25, 0.3) is 0 Å². The zero-order chi connectivity index (χ0) is 13.8. The van der Waals surface area contributed by atoms with Crippen molar-refractivity contribution in [1.82, 2.24) is 0 Å². The Morgan fingerprint density at radius 2 is 1.79 bits per heavy atom. The molecule has 2 aromatic rings. The van der Waals surface area contributed by atoms with Crippen molar-refractivity contribution < 1.29 is 9.18 Å². The zero-order valence-corrected chi connectivity index (χ0v) is 11.8. The van der Waals surface area contributed by atoms with E-state index in [9.17, 15) is 9.18 Å². The van der Waals surface area contributed by atoms with E-state index >= 15 is 0 Å². The molecule has 0 saturated heterocycles. The Kier molecular flexibility index (Phi) is 4.61. The van der Waals surface area contributed by atoms with Crippen LogP contribution >= 0.6 is 23.4 Å². The lowest BCUT2D eigenvalue weighted by molar-refractivity contribution is 0.0994. The summed E-state index contributed by atoms with van der Waals surface area (Å²) in [6.07, 6.45) is 0. The molecule has 2 rings (SSSR count). The maximum atomic E-state index is 13.5. The van der Waals surface area contributed by atoms with Gasteiger partial charge in [0, 0.05) is 15.5 Å². The molecule has 0 radical (unpaired) electrons. The summed E-state index contributed by atoms with van der Waals surface area (Å²) in [6, 6.07) is 13.2. The van der Waals surface area contributed by atoms with Gasteiger partial charge in [-0.3, -0.25) is 4.79 Å². The third-order valence-corrected chi connectivity index (χ3v) is 4.04. The lowest BCUT2D eigenvalue weighted by Crippen LogP contribution is -2.13. The van der Waals surface area contributed by atoms with Gasteiger partial charge in [0.2, 0.25) is 0 Å². The van der Waals surface area contributed by atoms with E-state index in [1.807, 2.05) is 0 Å². The van der Waals surface area contributed by atoms with Gasteiger partial charge in [-0.05, 0) is 43.3 Å². The molecule has 2 aromatic carbocycles. The van der Waals surface area contributed by atoms with E-state index < -0.39 is 0 Å². The molecule has 0 amide bonds. The van der Waals surface area contributed by atoms with Crippen LogP contribution in [-0.4, -0.2) is 11.0 Å². The molecule has 1 atom stereocenters. The highest BCUT2D eigenvalue weighted by Gasteiger charge is 2.17. The van der Waals surface area contributed by atoms with Crippen LogP contribution < -0.4 is 0 Å². The Morgan fingerprint density at radius 3 is 2.42 bits per heavy atom. The van der Waals surface area contributed by atoms with Crippen molar-refractivity contribution in [2.75, 3.05) is 0 Å². The summed E-state index contributed by atoms with van der Waals surface area (Å²) in [5.74, 6) is -0.340. The summed E-state index contributed by atoms with van der Waals surface area (Å²) < 4.78 is 13.5. The molecule has 0 aliphatic carbocycles. The van der Waals surface area contributed by atoms with Gasteiger partial charge in [-0.2, -0.15) is 0 Å². The summed E-state index contributed by atoms with van der Waals surface area (Å²) in [6.45, 7) is 1.77. The van der Waals surface area contributed by atoms with E-state index in [2.05, 4.69) is 0 Å². The molecule has 1 nitrogen and oxygen atoms in total. The lowest BCUT2D eigenvalue weighted by atomic mass is 10.1. The first-order valence-electron chi connectivity index (χ1n) is 5.79. The van der Waals surface area contributed by atoms with Gasteiger partial charge in [0.1, 0.15) is 5.82 Å². The van der Waals surface area contributed by atoms with Gasteiger partial charge in [0.05, 0.1) is 5.25 Å². The van der Waals surface area contributed by atoms with E-state index in [1.54, 1.807) is 49.4 Å². The molecule has 0 aliphatic heterocycles. The molecule has 0 saturated carbocycles. The molecule has 0 spiro atoms. The van der Waals surface area contributed by atoms with Gasteiger partial charge in [-0.25, -0.2) is 4.39 Å². The molecule has 1 unspecified atom stereocenters. The molecule has 0 aromatic heterocycles. The predicted molar refractivity (Wildman–Crippen MR) is 77.5 cm³/mol. The first-order valence-corrected chi connectivity index (χ1v) is 7.04. The number of hydrogen-bond donors (Lipinski definition) is 0. The van der Waals surface area contributed by atoms with Crippen LogP contribution in [-0.2, 0) is 0 Å². The maximum Gasteiger partial charge on any atom is 0.175 e. The molecule has 0 bridgehead atoms. The fraction of sp³-hybridized carbons (Fsp3) is 0.133. The predicted octanol–water partition coefficient (Wildman–Crippen LogP) is 4.84. The smallest absolute Gasteiger partial charge is 0.175 e. The van der Waals surface area contributed by atoms with Gasteiger partial charge in [-0.15, -0.1) is 11.8 Å². The number of halogens is 2. The van der Waals surface area contributed by atoms with Gasteiger partial charge in [-0.1, -0.05) is 23.7 Å². The SMILES string of the molecule is CC(Sc1ccccc1F)C(=O)c1ccc(Cl)cc1. The maximum absolute atomic E-state index is 13.5. The summed E-state index contributed by atoms with van der Waals surface area (Å²) >= 11 is 7.00. The van der Waals surface area contributed by atoms with Crippen LogP contribution in [0.2, 0.25) is 5.02 Å². The fourth-order valence-corrected chi connectivity index (χ4v) is 2.72. The van der Waals surface area contributed by atoms with E-state index in [1.165, 1.54) is 17.8 Å². The quantitative estimate of drug-likeness (QED) is 0.593. The molecule has 4 heteroatoms. The van der Waals surface area contributed by atoms with Crippen LogP contribution in [0.3, 0.4) is 0 Å². The van der Waals surface area contributed by atoms with Crippen molar-refractivity contribution in [3.63, 3.8) is 0 Å². The van der Waals surface area contributed by atoms with E-state index in [0.717, 1.165) is 0 Å². The monoisotopic (exact) mass is 294 g/mol.